The van der Waals surface area contributed by atoms with Gasteiger partial charge in [0.05, 0.1) is 5.69 Å². The number of aliphatic imine (C=N–C) groups is 1. The third-order valence-corrected chi connectivity index (χ3v) is 5.42. The lowest BCUT2D eigenvalue weighted by Gasteiger charge is -2.40. The van der Waals surface area contributed by atoms with Gasteiger partial charge in [0.25, 0.3) is 0 Å². The molecule has 0 aromatic carbocycles. The molecule has 1 aromatic rings. The predicted molar refractivity (Wildman–Crippen MR) is 113 cm³/mol. The first-order valence-electron chi connectivity index (χ1n) is 10.3. The molecule has 1 saturated heterocycles. The maximum Gasteiger partial charge on any atom is 0.191 e. The second kappa shape index (κ2) is 10.7. The number of hydrogen-bond donors (Lipinski definition) is 2. The van der Waals surface area contributed by atoms with Gasteiger partial charge >= 0.3 is 0 Å². The number of piperazine rings is 1. The molecule has 0 aliphatic carbocycles. The van der Waals surface area contributed by atoms with Crippen LogP contribution in [0.1, 0.15) is 31.7 Å². The van der Waals surface area contributed by atoms with E-state index in [0.29, 0.717) is 12.0 Å². The van der Waals surface area contributed by atoms with Crippen molar-refractivity contribution in [2.24, 2.45) is 10.9 Å². The van der Waals surface area contributed by atoms with Gasteiger partial charge in [-0.1, -0.05) is 13.8 Å². The van der Waals surface area contributed by atoms with Gasteiger partial charge in [0, 0.05) is 64.6 Å². The Balaban J connectivity index is 1.73. The van der Waals surface area contributed by atoms with Crippen molar-refractivity contribution in [1.29, 1.82) is 0 Å². The van der Waals surface area contributed by atoms with E-state index in [1.165, 1.54) is 5.69 Å². The molecular weight excluding hydrogens is 338 g/mol. The van der Waals surface area contributed by atoms with Crippen molar-refractivity contribution < 1.29 is 0 Å². The molecule has 27 heavy (non-hydrogen) atoms. The van der Waals surface area contributed by atoms with Crippen LogP contribution in [-0.4, -0.2) is 84.9 Å². The standard InChI is InChI=1S/C20H39N7/c1-16(2)19(26-12-10-25(6)11-13-26)15-23-20(21-5)22-8-7-9-27-18(4)14-17(3)24-27/h14,16,19H,7-13,15H2,1-6H3,(H2,21,22,23). The Morgan fingerprint density at radius 2 is 1.89 bits per heavy atom. The van der Waals surface area contributed by atoms with Crippen molar-refractivity contribution in [2.45, 2.75) is 46.7 Å². The van der Waals surface area contributed by atoms with Crippen LogP contribution in [0.25, 0.3) is 0 Å². The van der Waals surface area contributed by atoms with Crippen molar-refractivity contribution >= 4 is 5.96 Å². The van der Waals surface area contributed by atoms with Gasteiger partial charge in [-0.25, -0.2) is 0 Å². The fourth-order valence-electron chi connectivity index (χ4n) is 3.70. The Morgan fingerprint density at radius 3 is 2.44 bits per heavy atom. The Hall–Kier alpha value is -1.60. The summed E-state index contributed by atoms with van der Waals surface area (Å²) in [5, 5.41) is 11.5. The summed E-state index contributed by atoms with van der Waals surface area (Å²) >= 11 is 0. The van der Waals surface area contributed by atoms with Gasteiger partial charge in [0.1, 0.15) is 0 Å². The molecule has 0 bridgehead atoms. The molecule has 0 spiro atoms. The van der Waals surface area contributed by atoms with Gasteiger partial charge in [-0.3, -0.25) is 14.6 Å². The van der Waals surface area contributed by atoms with E-state index in [4.69, 9.17) is 0 Å². The van der Waals surface area contributed by atoms with Crippen LogP contribution in [0.3, 0.4) is 0 Å². The van der Waals surface area contributed by atoms with E-state index in [-0.39, 0.29) is 0 Å². The molecule has 0 amide bonds. The molecule has 7 heteroatoms. The summed E-state index contributed by atoms with van der Waals surface area (Å²) < 4.78 is 2.08. The largest absolute Gasteiger partial charge is 0.356 e. The van der Waals surface area contributed by atoms with E-state index in [1.54, 1.807) is 0 Å². The molecule has 154 valence electrons. The first-order valence-corrected chi connectivity index (χ1v) is 10.3. The highest BCUT2D eigenvalue weighted by molar-refractivity contribution is 5.79. The summed E-state index contributed by atoms with van der Waals surface area (Å²) in [7, 11) is 4.05. The molecule has 0 radical (unpaired) electrons. The van der Waals surface area contributed by atoms with E-state index in [2.05, 4.69) is 69.1 Å². The molecule has 2 N–H and O–H groups in total. The molecular formula is C20H39N7. The van der Waals surface area contributed by atoms with E-state index < -0.39 is 0 Å². The molecule has 2 heterocycles. The zero-order valence-corrected chi connectivity index (χ0v) is 18.1. The van der Waals surface area contributed by atoms with Crippen LogP contribution in [-0.2, 0) is 6.54 Å². The van der Waals surface area contributed by atoms with E-state index in [0.717, 1.165) is 63.9 Å². The van der Waals surface area contributed by atoms with Crippen molar-refractivity contribution in [3.8, 4) is 0 Å². The van der Waals surface area contributed by atoms with Crippen LogP contribution >= 0.6 is 0 Å². The summed E-state index contributed by atoms with van der Waals surface area (Å²) in [6.45, 7) is 16.1. The van der Waals surface area contributed by atoms with Crippen LogP contribution in [0, 0.1) is 19.8 Å². The third-order valence-electron chi connectivity index (χ3n) is 5.42. The minimum atomic E-state index is 0.534. The molecule has 1 aromatic heterocycles. The van der Waals surface area contributed by atoms with Crippen LogP contribution in [0.4, 0.5) is 0 Å². The lowest BCUT2D eigenvalue weighted by atomic mass is 10.0. The highest BCUT2D eigenvalue weighted by atomic mass is 15.3. The van der Waals surface area contributed by atoms with Gasteiger partial charge in [0.15, 0.2) is 5.96 Å². The first kappa shape index (κ1) is 21.7. The van der Waals surface area contributed by atoms with Crippen molar-refractivity contribution in [1.82, 2.24) is 30.2 Å². The highest BCUT2D eigenvalue weighted by Gasteiger charge is 2.24. The van der Waals surface area contributed by atoms with Crippen LogP contribution in [0.2, 0.25) is 0 Å². The van der Waals surface area contributed by atoms with Gasteiger partial charge in [-0.05, 0) is 39.3 Å². The smallest absolute Gasteiger partial charge is 0.191 e. The molecule has 1 aliphatic rings. The predicted octanol–water partition coefficient (Wildman–Crippen LogP) is 1.33. The second-order valence-corrected chi connectivity index (χ2v) is 8.03. The minimum Gasteiger partial charge on any atom is -0.356 e. The Kier molecular flexibility index (Phi) is 8.57. The van der Waals surface area contributed by atoms with Crippen LogP contribution in [0.5, 0.6) is 0 Å². The summed E-state index contributed by atoms with van der Waals surface area (Å²) in [6.07, 6.45) is 1.02. The average Bonchev–Trinajstić information content (AvgIpc) is 2.95. The number of guanidine groups is 1. The molecule has 1 unspecified atom stereocenters. The van der Waals surface area contributed by atoms with E-state index >= 15 is 0 Å². The minimum absolute atomic E-state index is 0.534. The van der Waals surface area contributed by atoms with Crippen LogP contribution < -0.4 is 10.6 Å². The van der Waals surface area contributed by atoms with E-state index in [9.17, 15) is 0 Å². The number of nitrogens with one attached hydrogen (secondary N) is 2. The highest BCUT2D eigenvalue weighted by Crippen LogP contribution is 2.12. The average molecular weight is 378 g/mol. The van der Waals surface area contributed by atoms with Gasteiger partial charge < -0.3 is 15.5 Å². The van der Waals surface area contributed by atoms with Gasteiger partial charge in [0.2, 0.25) is 0 Å². The molecule has 1 atom stereocenters. The van der Waals surface area contributed by atoms with Crippen LogP contribution in [0.15, 0.2) is 11.1 Å². The summed E-state index contributed by atoms with van der Waals surface area (Å²) in [4.78, 5) is 9.41. The maximum absolute atomic E-state index is 4.52. The van der Waals surface area contributed by atoms with Crippen molar-refractivity contribution in [2.75, 3.05) is 53.4 Å². The fourth-order valence-corrected chi connectivity index (χ4v) is 3.70. The van der Waals surface area contributed by atoms with Gasteiger partial charge in [-0.15, -0.1) is 0 Å². The number of rotatable bonds is 8. The maximum atomic E-state index is 4.52. The second-order valence-electron chi connectivity index (χ2n) is 8.03. The molecule has 2 rings (SSSR count). The summed E-state index contributed by atoms with van der Waals surface area (Å²) in [5.74, 6) is 1.51. The number of hydrogen-bond acceptors (Lipinski definition) is 4. The van der Waals surface area contributed by atoms with E-state index in [1.807, 2.05) is 14.0 Å². The van der Waals surface area contributed by atoms with Crippen molar-refractivity contribution in [3.05, 3.63) is 17.5 Å². The monoisotopic (exact) mass is 377 g/mol. The lowest BCUT2D eigenvalue weighted by Crippen LogP contribution is -2.55. The van der Waals surface area contributed by atoms with Gasteiger partial charge in [-0.2, -0.15) is 5.10 Å². The lowest BCUT2D eigenvalue weighted by molar-refractivity contribution is 0.0900. The molecule has 7 nitrogen and oxygen atoms in total. The summed E-state index contributed by atoms with van der Waals surface area (Å²) in [5.41, 5.74) is 2.31. The van der Waals surface area contributed by atoms with Crippen molar-refractivity contribution in [3.63, 3.8) is 0 Å². The summed E-state index contributed by atoms with van der Waals surface area (Å²) in [6, 6.07) is 2.66. The third kappa shape index (κ3) is 6.81. The number of aryl methyl sites for hydroxylation is 3. The molecule has 0 saturated carbocycles. The number of nitrogens with zero attached hydrogens (tertiary/aromatic N) is 5. The first-order chi connectivity index (χ1) is 12.9. The number of aromatic nitrogens is 2. The Morgan fingerprint density at radius 1 is 1.19 bits per heavy atom. The zero-order chi connectivity index (χ0) is 19.8. The molecule has 1 aliphatic heterocycles. The fraction of sp³-hybridized carbons (Fsp3) is 0.800. The zero-order valence-electron chi connectivity index (χ0n) is 18.1. The Labute approximate surface area is 165 Å². The topological polar surface area (TPSA) is 60.7 Å². The normalized spacial score (nSPS) is 18.1. The number of likely N-dealkylation sites (N-methyl/N-ethyl adjacent to an activating group) is 1. The molecule has 1 fully saturated rings. The SMILES string of the molecule is CN=C(NCCCn1nc(C)cc1C)NCC(C(C)C)N1CCN(C)CC1. The Bertz CT molecular complexity index is 585. The quantitative estimate of drug-likeness (QED) is 0.407.